The van der Waals surface area contributed by atoms with Gasteiger partial charge in [-0.25, -0.2) is 8.78 Å². The van der Waals surface area contributed by atoms with Crippen molar-refractivity contribution in [2.45, 2.75) is 12.6 Å². The third kappa shape index (κ3) is 2.94. The van der Waals surface area contributed by atoms with Crippen LogP contribution in [0.5, 0.6) is 0 Å². The Hall–Kier alpha value is -1.72. The minimum Gasteiger partial charge on any atom is -0.472 e. The molecule has 5 heteroatoms. The summed E-state index contributed by atoms with van der Waals surface area (Å²) in [4.78, 5) is 0. The summed E-state index contributed by atoms with van der Waals surface area (Å²) < 4.78 is 31.6. The number of aliphatic hydroxyl groups excluding tert-OH is 1. The lowest BCUT2D eigenvalue weighted by Crippen LogP contribution is -2.22. The zero-order chi connectivity index (χ0) is 13.0. The van der Waals surface area contributed by atoms with E-state index in [1.54, 1.807) is 12.3 Å². The van der Waals surface area contributed by atoms with Crippen LogP contribution in [0.4, 0.5) is 8.78 Å². The number of rotatable bonds is 5. The molecule has 0 saturated heterocycles. The van der Waals surface area contributed by atoms with E-state index in [-0.39, 0.29) is 12.1 Å². The molecule has 1 aromatic heterocycles. The minimum atomic E-state index is -1.22. The van der Waals surface area contributed by atoms with Crippen molar-refractivity contribution in [3.05, 3.63) is 59.6 Å². The fourth-order valence-electron chi connectivity index (χ4n) is 1.68. The Labute approximate surface area is 103 Å². The quantitative estimate of drug-likeness (QED) is 0.860. The Morgan fingerprint density at radius 3 is 2.56 bits per heavy atom. The van der Waals surface area contributed by atoms with Gasteiger partial charge in [-0.15, -0.1) is 0 Å². The number of furan rings is 1. The molecule has 1 atom stereocenters. The molecule has 0 amide bonds. The molecule has 0 saturated carbocycles. The lowest BCUT2D eigenvalue weighted by atomic mass is 10.1. The number of benzene rings is 1. The molecule has 0 bridgehead atoms. The SMILES string of the molecule is OC(CNCc1ccoc1)c1c(F)cccc1F. The third-order valence-electron chi connectivity index (χ3n) is 2.58. The predicted molar refractivity (Wildman–Crippen MR) is 61.7 cm³/mol. The zero-order valence-electron chi connectivity index (χ0n) is 9.57. The molecule has 2 aromatic rings. The Kier molecular flexibility index (Phi) is 4.07. The minimum absolute atomic E-state index is 0.0586. The Morgan fingerprint density at radius 1 is 1.22 bits per heavy atom. The molecule has 0 aliphatic rings. The maximum Gasteiger partial charge on any atom is 0.131 e. The lowest BCUT2D eigenvalue weighted by molar-refractivity contribution is 0.164. The first-order valence-electron chi connectivity index (χ1n) is 5.52. The van der Waals surface area contributed by atoms with E-state index in [4.69, 9.17) is 4.42 Å². The van der Waals surface area contributed by atoms with Crippen molar-refractivity contribution < 1.29 is 18.3 Å². The molecule has 0 spiro atoms. The molecule has 0 radical (unpaired) electrons. The van der Waals surface area contributed by atoms with Crippen LogP contribution in [-0.4, -0.2) is 11.7 Å². The van der Waals surface area contributed by atoms with Crippen LogP contribution in [0.15, 0.2) is 41.2 Å². The normalized spacial score (nSPS) is 12.6. The van der Waals surface area contributed by atoms with Gasteiger partial charge in [0.05, 0.1) is 24.2 Å². The van der Waals surface area contributed by atoms with E-state index in [0.29, 0.717) is 6.54 Å². The van der Waals surface area contributed by atoms with Crippen LogP contribution in [0, 0.1) is 11.6 Å². The van der Waals surface area contributed by atoms with Gasteiger partial charge in [-0.1, -0.05) is 6.07 Å². The van der Waals surface area contributed by atoms with E-state index < -0.39 is 17.7 Å². The Bertz CT molecular complexity index is 479. The molecule has 1 aromatic carbocycles. The lowest BCUT2D eigenvalue weighted by Gasteiger charge is -2.13. The fraction of sp³-hybridized carbons (Fsp3) is 0.231. The van der Waals surface area contributed by atoms with Crippen LogP contribution in [0.3, 0.4) is 0 Å². The van der Waals surface area contributed by atoms with Gasteiger partial charge in [0.2, 0.25) is 0 Å². The number of hydrogen-bond donors (Lipinski definition) is 2. The summed E-state index contributed by atoms with van der Waals surface area (Å²) in [7, 11) is 0. The van der Waals surface area contributed by atoms with Crippen LogP contribution >= 0.6 is 0 Å². The highest BCUT2D eigenvalue weighted by Crippen LogP contribution is 2.19. The van der Waals surface area contributed by atoms with Crippen molar-refractivity contribution in [1.82, 2.24) is 5.32 Å². The van der Waals surface area contributed by atoms with E-state index in [0.717, 1.165) is 17.7 Å². The summed E-state index contributed by atoms with van der Waals surface area (Å²) in [5.74, 6) is -1.49. The fourth-order valence-corrected chi connectivity index (χ4v) is 1.68. The first-order valence-corrected chi connectivity index (χ1v) is 5.52. The molecule has 1 heterocycles. The van der Waals surface area contributed by atoms with Gasteiger partial charge >= 0.3 is 0 Å². The number of hydrogen-bond acceptors (Lipinski definition) is 3. The monoisotopic (exact) mass is 253 g/mol. The maximum absolute atomic E-state index is 13.4. The second-order valence-corrected chi connectivity index (χ2v) is 3.91. The van der Waals surface area contributed by atoms with Crippen molar-refractivity contribution in [2.24, 2.45) is 0 Å². The van der Waals surface area contributed by atoms with Crippen molar-refractivity contribution in [1.29, 1.82) is 0 Å². The second kappa shape index (κ2) is 5.75. The van der Waals surface area contributed by atoms with Crippen LogP contribution < -0.4 is 5.32 Å². The van der Waals surface area contributed by atoms with Gasteiger partial charge in [0.1, 0.15) is 11.6 Å². The molecule has 3 nitrogen and oxygen atoms in total. The summed E-state index contributed by atoms with van der Waals surface area (Å²) in [6, 6.07) is 5.28. The average molecular weight is 253 g/mol. The van der Waals surface area contributed by atoms with E-state index in [1.165, 1.54) is 12.3 Å². The van der Waals surface area contributed by atoms with Crippen LogP contribution in [-0.2, 0) is 6.54 Å². The van der Waals surface area contributed by atoms with Crippen molar-refractivity contribution in [3.8, 4) is 0 Å². The molecular weight excluding hydrogens is 240 g/mol. The molecule has 96 valence electrons. The highest BCUT2D eigenvalue weighted by molar-refractivity contribution is 5.22. The van der Waals surface area contributed by atoms with Gasteiger partial charge in [0, 0.05) is 18.7 Å². The molecule has 2 N–H and O–H groups in total. The first-order chi connectivity index (χ1) is 8.68. The standard InChI is InChI=1S/C13H13F2NO2/c14-10-2-1-3-11(15)13(10)12(17)7-16-6-9-4-5-18-8-9/h1-5,8,12,16-17H,6-7H2. The largest absolute Gasteiger partial charge is 0.472 e. The molecule has 18 heavy (non-hydrogen) atoms. The average Bonchev–Trinajstić information content (AvgIpc) is 2.82. The zero-order valence-corrected chi connectivity index (χ0v) is 9.57. The second-order valence-electron chi connectivity index (χ2n) is 3.91. The summed E-state index contributed by atoms with van der Waals surface area (Å²) in [5.41, 5.74) is 0.591. The highest BCUT2D eigenvalue weighted by atomic mass is 19.1. The Morgan fingerprint density at radius 2 is 1.94 bits per heavy atom. The molecule has 1 unspecified atom stereocenters. The van der Waals surface area contributed by atoms with E-state index in [1.807, 2.05) is 0 Å². The van der Waals surface area contributed by atoms with Crippen molar-refractivity contribution in [3.63, 3.8) is 0 Å². The molecule has 2 rings (SSSR count). The van der Waals surface area contributed by atoms with Gasteiger partial charge in [0.15, 0.2) is 0 Å². The number of nitrogens with one attached hydrogen (secondary N) is 1. The molecular formula is C13H13F2NO2. The van der Waals surface area contributed by atoms with Crippen LogP contribution in [0.2, 0.25) is 0 Å². The van der Waals surface area contributed by atoms with E-state index in [2.05, 4.69) is 5.32 Å². The highest BCUT2D eigenvalue weighted by Gasteiger charge is 2.17. The summed E-state index contributed by atoms with van der Waals surface area (Å²) >= 11 is 0. The molecule has 0 aliphatic heterocycles. The van der Waals surface area contributed by atoms with E-state index in [9.17, 15) is 13.9 Å². The summed E-state index contributed by atoms with van der Waals surface area (Å²) in [5, 5.41) is 12.6. The molecule has 0 aliphatic carbocycles. The summed E-state index contributed by atoms with van der Waals surface area (Å²) in [6.45, 7) is 0.521. The van der Waals surface area contributed by atoms with Gasteiger partial charge in [-0.3, -0.25) is 0 Å². The van der Waals surface area contributed by atoms with Crippen LogP contribution in [0.25, 0.3) is 0 Å². The van der Waals surface area contributed by atoms with Crippen molar-refractivity contribution >= 4 is 0 Å². The number of halogens is 2. The van der Waals surface area contributed by atoms with Gasteiger partial charge in [-0.05, 0) is 18.2 Å². The van der Waals surface area contributed by atoms with E-state index >= 15 is 0 Å². The first kappa shape index (κ1) is 12.7. The topological polar surface area (TPSA) is 45.4 Å². The van der Waals surface area contributed by atoms with Crippen LogP contribution in [0.1, 0.15) is 17.2 Å². The predicted octanol–water partition coefficient (Wildman–Crippen LogP) is 2.38. The number of aliphatic hydroxyl groups is 1. The van der Waals surface area contributed by atoms with Gasteiger partial charge in [0.25, 0.3) is 0 Å². The maximum atomic E-state index is 13.4. The van der Waals surface area contributed by atoms with Gasteiger partial charge in [-0.2, -0.15) is 0 Å². The van der Waals surface area contributed by atoms with Crippen molar-refractivity contribution in [2.75, 3.05) is 6.54 Å². The molecule has 0 fully saturated rings. The Balaban J connectivity index is 1.93. The smallest absolute Gasteiger partial charge is 0.131 e. The summed E-state index contributed by atoms with van der Waals surface area (Å²) in [6.07, 6.45) is 1.87. The van der Waals surface area contributed by atoms with Gasteiger partial charge < -0.3 is 14.8 Å². The third-order valence-corrected chi connectivity index (χ3v) is 2.58.